The van der Waals surface area contributed by atoms with E-state index in [1.54, 1.807) is 12.1 Å². The molecular weight excluding hydrogens is 324 g/mol. The number of rotatable bonds is 4. The largest absolute Gasteiger partial charge is 0.506 e. The van der Waals surface area contributed by atoms with Gasteiger partial charge in [0.15, 0.2) is 0 Å². The van der Waals surface area contributed by atoms with E-state index in [0.29, 0.717) is 17.5 Å². The van der Waals surface area contributed by atoms with Gasteiger partial charge in [-0.2, -0.15) is 0 Å². The minimum Gasteiger partial charge on any atom is -0.506 e. The first kappa shape index (κ1) is 17.6. The van der Waals surface area contributed by atoms with E-state index < -0.39 is 0 Å². The van der Waals surface area contributed by atoms with Crippen LogP contribution >= 0.6 is 11.6 Å². The third kappa shape index (κ3) is 4.64. The highest BCUT2D eigenvalue weighted by Crippen LogP contribution is 2.26. The van der Waals surface area contributed by atoms with Crippen LogP contribution < -0.4 is 5.32 Å². The Morgan fingerprint density at radius 2 is 2.00 bits per heavy atom. The van der Waals surface area contributed by atoms with E-state index in [0.717, 1.165) is 24.9 Å². The number of nitrogens with zero attached hydrogens (tertiary/aromatic N) is 1. The predicted molar refractivity (Wildman–Crippen MR) is 96.4 cm³/mol. The van der Waals surface area contributed by atoms with Crippen molar-refractivity contribution in [1.29, 1.82) is 0 Å². The zero-order valence-corrected chi connectivity index (χ0v) is 14.9. The molecule has 5 heteroatoms. The molecule has 1 aromatic rings. The van der Waals surface area contributed by atoms with Crippen molar-refractivity contribution in [3.8, 4) is 5.75 Å². The molecule has 1 atom stereocenters. The van der Waals surface area contributed by atoms with Crippen LogP contribution in [0.25, 0.3) is 0 Å². The molecule has 1 aromatic carbocycles. The highest BCUT2D eigenvalue weighted by atomic mass is 35.5. The number of carbonyl (C=O) groups excluding carboxylic acids is 1. The number of benzene rings is 1. The molecule has 2 aliphatic rings. The SMILES string of the molecule is O=C(Cc1ccc(O)c(Cl)c1)N[C@@H]1CCCN(C2CCCCC2)C1. The number of carbonyl (C=O) groups is 1. The molecule has 1 aliphatic carbocycles. The highest BCUT2D eigenvalue weighted by Gasteiger charge is 2.27. The van der Waals surface area contributed by atoms with Crippen LogP contribution in [0.4, 0.5) is 0 Å². The van der Waals surface area contributed by atoms with Gasteiger partial charge >= 0.3 is 0 Å². The van der Waals surface area contributed by atoms with Crippen LogP contribution in [0.2, 0.25) is 5.02 Å². The van der Waals surface area contributed by atoms with Gasteiger partial charge in [0.25, 0.3) is 0 Å². The van der Waals surface area contributed by atoms with Gasteiger partial charge in [-0.25, -0.2) is 0 Å². The summed E-state index contributed by atoms with van der Waals surface area (Å²) in [6.45, 7) is 2.15. The average Bonchev–Trinajstić information content (AvgIpc) is 2.59. The number of nitrogens with one attached hydrogen (secondary N) is 1. The molecule has 2 N–H and O–H groups in total. The Balaban J connectivity index is 1.50. The van der Waals surface area contributed by atoms with Crippen molar-refractivity contribution in [3.05, 3.63) is 28.8 Å². The number of amides is 1. The van der Waals surface area contributed by atoms with Crippen LogP contribution in [-0.4, -0.2) is 41.1 Å². The molecule has 24 heavy (non-hydrogen) atoms. The number of phenolic OH excluding ortho intramolecular Hbond substituents is 1. The first-order chi connectivity index (χ1) is 11.6. The number of halogens is 1. The van der Waals surface area contributed by atoms with Crippen molar-refractivity contribution in [1.82, 2.24) is 10.2 Å². The van der Waals surface area contributed by atoms with E-state index in [4.69, 9.17) is 11.6 Å². The van der Waals surface area contributed by atoms with Gasteiger partial charge in [-0.1, -0.05) is 36.9 Å². The lowest BCUT2D eigenvalue weighted by molar-refractivity contribution is -0.121. The molecule has 1 saturated heterocycles. The highest BCUT2D eigenvalue weighted by molar-refractivity contribution is 6.32. The molecule has 0 aromatic heterocycles. The fourth-order valence-electron chi connectivity index (χ4n) is 4.03. The van der Waals surface area contributed by atoms with Crippen molar-refractivity contribution in [2.24, 2.45) is 0 Å². The number of likely N-dealkylation sites (tertiary alicyclic amines) is 1. The van der Waals surface area contributed by atoms with Gasteiger partial charge in [-0.05, 0) is 49.9 Å². The summed E-state index contributed by atoms with van der Waals surface area (Å²) in [6, 6.07) is 5.91. The maximum Gasteiger partial charge on any atom is 0.224 e. The Morgan fingerprint density at radius 3 is 2.75 bits per heavy atom. The maximum atomic E-state index is 12.3. The van der Waals surface area contributed by atoms with E-state index in [9.17, 15) is 9.90 Å². The molecule has 1 aliphatic heterocycles. The Morgan fingerprint density at radius 1 is 1.21 bits per heavy atom. The van der Waals surface area contributed by atoms with Gasteiger partial charge in [-0.3, -0.25) is 9.69 Å². The molecule has 0 spiro atoms. The van der Waals surface area contributed by atoms with Crippen molar-refractivity contribution >= 4 is 17.5 Å². The molecule has 0 radical (unpaired) electrons. The minimum absolute atomic E-state index is 0.0345. The van der Waals surface area contributed by atoms with Crippen LogP contribution in [0.15, 0.2) is 18.2 Å². The number of phenols is 1. The van der Waals surface area contributed by atoms with Gasteiger partial charge in [0.05, 0.1) is 11.4 Å². The van der Waals surface area contributed by atoms with Crippen molar-refractivity contribution in [2.45, 2.75) is 63.5 Å². The first-order valence-electron chi connectivity index (χ1n) is 9.12. The van der Waals surface area contributed by atoms with Crippen molar-refractivity contribution in [3.63, 3.8) is 0 Å². The van der Waals surface area contributed by atoms with Gasteiger partial charge < -0.3 is 10.4 Å². The van der Waals surface area contributed by atoms with Crippen LogP contribution in [0.3, 0.4) is 0 Å². The summed E-state index contributed by atoms with van der Waals surface area (Å²) in [7, 11) is 0. The smallest absolute Gasteiger partial charge is 0.224 e. The van der Waals surface area contributed by atoms with Crippen molar-refractivity contribution in [2.75, 3.05) is 13.1 Å². The summed E-state index contributed by atoms with van der Waals surface area (Å²) in [5.41, 5.74) is 0.829. The normalized spacial score (nSPS) is 23.1. The van der Waals surface area contributed by atoms with E-state index in [-0.39, 0.29) is 17.7 Å². The molecular formula is C19H27ClN2O2. The molecule has 132 valence electrons. The van der Waals surface area contributed by atoms with E-state index in [2.05, 4.69) is 10.2 Å². The zero-order chi connectivity index (χ0) is 16.9. The zero-order valence-electron chi connectivity index (χ0n) is 14.1. The van der Waals surface area contributed by atoms with Crippen LogP contribution in [0.5, 0.6) is 5.75 Å². The fraction of sp³-hybridized carbons (Fsp3) is 0.632. The number of hydrogen-bond acceptors (Lipinski definition) is 3. The summed E-state index contributed by atoms with van der Waals surface area (Å²) in [6.07, 6.45) is 9.22. The topological polar surface area (TPSA) is 52.6 Å². The molecule has 1 saturated carbocycles. The number of hydrogen-bond donors (Lipinski definition) is 2. The molecule has 0 bridgehead atoms. The predicted octanol–water partition coefficient (Wildman–Crippen LogP) is 3.50. The standard InChI is InChI=1S/C19H27ClN2O2/c20-17-11-14(8-9-18(17)23)12-19(24)21-15-5-4-10-22(13-15)16-6-2-1-3-7-16/h8-9,11,15-16,23H,1-7,10,12-13H2,(H,21,24)/t15-/m1/s1. The summed E-state index contributed by atoms with van der Waals surface area (Å²) < 4.78 is 0. The maximum absolute atomic E-state index is 12.3. The summed E-state index contributed by atoms with van der Waals surface area (Å²) in [5, 5.41) is 12.9. The second-order valence-corrected chi connectivity index (χ2v) is 7.56. The van der Waals surface area contributed by atoms with Gasteiger partial charge in [-0.15, -0.1) is 0 Å². The molecule has 1 amide bonds. The molecule has 2 fully saturated rings. The molecule has 3 rings (SSSR count). The lowest BCUT2D eigenvalue weighted by Crippen LogP contribution is -2.51. The Labute approximate surface area is 149 Å². The fourth-order valence-corrected chi connectivity index (χ4v) is 4.23. The molecule has 1 heterocycles. The third-order valence-corrected chi connectivity index (χ3v) is 5.59. The number of piperidine rings is 1. The van der Waals surface area contributed by atoms with E-state index >= 15 is 0 Å². The monoisotopic (exact) mass is 350 g/mol. The van der Waals surface area contributed by atoms with E-state index in [1.165, 1.54) is 44.7 Å². The van der Waals surface area contributed by atoms with E-state index in [1.807, 2.05) is 0 Å². The van der Waals surface area contributed by atoms with Crippen LogP contribution in [-0.2, 0) is 11.2 Å². The second-order valence-electron chi connectivity index (χ2n) is 7.16. The Bertz CT molecular complexity index is 572. The average molecular weight is 351 g/mol. The lowest BCUT2D eigenvalue weighted by atomic mass is 9.92. The molecule has 0 unspecified atom stereocenters. The van der Waals surface area contributed by atoms with Gasteiger partial charge in [0.2, 0.25) is 5.91 Å². The minimum atomic E-state index is 0.0345. The molecule has 4 nitrogen and oxygen atoms in total. The first-order valence-corrected chi connectivity index (χ1v) is 9.50. The quantitative estimate of drug-likeness (QED) is 0.873. The third-order valence-electron chi connectivity index (χ3n) is 5.29. The number of aromatic hydroxyl groups is 1. The summed E-state index contributed by atoms with van der Waals surface area (Å²) in [5.74, 6) is 0.0866. The second kappa shape index (κ2) is 8.21. The van der Waals surface area contributed by atoms with Crippen molar-refractivity contribution < 1.29 is 9.90 Å². The summed E-state index contributed by atoms with van der Waals surface area (Å²) >= 11 is 5.91. The van der Waals surface area contributed by atoms with Gasteiger partial charge in [0, 0.05) is 18.6 Å². The van der Waals surface area contributed by atoms with Crippen LogP contribution in [0, 0.1) is 0 Å². The van der Waals surface area contributed by atoms with Gasteiger partial charge in [0.1, 0.15) is 5.75 Å². The lowest BCUT2D eigenvalue weighted by Gasteiger charge is -2.40. The Kier molecular flexibility index (Phi) is 6.01. The van der Waals surface area contributed by atoms with Crippen LogP contribution in [0.1, 0.15) is 50.5 Å². The summed E-state index contributed by atoms with van der Waals surface area (Å²) in [4.78, 5) is 14.9. The Hall–Kier alpha value is -1.26.